The number of methoxy groups -OCH3 is 1. The van der Waals surface area contributed by atoms with Crippen molar-refractivity contribution < 1.29 is 24.8 Å². The van der Waals surface area contributed by atoms with Crippen LogP contribution in [0.4, 0.5) is 0 Å². The van der Waals surface area contributed by atoms with Gasteiger partial charge in [-0.25, -0.2) is 0 Å². The van der Waals surface area contributed by atoms with Crippen LogP contribution in [-0.2, 0) is 9.47 Å². The molecule has 0 radical (unpaired) electrons. The minimum atomic E-state index is -1.24. The molecule has 0 saturated carbocycles. The van der Waals surface area contributed by atoms with Crippen LogP contribution in [0.3, 0.4) is 0 Å². The molecule has 1 aromatic heterocycles. The molecule has 7 nitrogen and oxygen atoms in total. The summed E-state index contributed by atoms with van der Waals surface area (Å²) in [6.45, 7) is -0.422. The fourth-order valence-electron chi connectivity index (χ4n) is 2.20. The number of hydrogen-bond acceptors (Lipinski definition) is 6. The van der Waals surface area contributed by atoms with E-state index in [1.165, 1.54) is 36.2 Å². The van der Waals surface area contributed by atoms with Crippen LogP contribution in [0.2, 0.25) is 0 Å². The molecule has 2 heterocycles. The van der Waals surface area contributed by atoms with E-state index in [4.69, 9.17) is 14.6 Å². The summed E-state index contributed by atoms with van der Waals surface area (Å²) in [5.41, 5.74) is -0.162. The highest BCUT2D eigenvalue weighted by Gasteiger charge is 2.45. The molecule has 0 amide bonds. The van der Waals surface area contributed by atoms with Crippen molar-refractivity contribution in [2.75, 3.05) is 13.7 Å². The lowest BCUT2D eigenvalue weighted by Crippen LogP contribution is -2.56. The molecule has 1 aromatic rings. The monoisotopic (exact) mass is 271 g/mol. The third-order valence-electron chi connectivity index (χ3n) is 3.25. The second kappa shape index (κ2) is 5.81. The van der Waals surface area contributed by atoms with Gasteiger partial charge in [0, 0.05) is 31.6 Å². The van der Waals surface area contributed by atoms with E-state index >= 15 is 0 Å². The molecule has 19 heavy (non-hydrogen) atoms. The minimum Gasteiger partial charge on any atom is -0.394 e. The predicted octanol–water partition coefficient (Wildman–Crippen LogP) is -1.53. The zero-order chi connectivity index (χ0) is 14.0. The number of aliphatic hydroxyl groups excluding tert-OH is 3. The number of pyridine rings is 1. The maximum absolute atomic E-state index is 11.1. The van der Waals surface area contributed by atoms with Gasteiger partial charge in [0.25, 0.3) is 0 Å². The number of hydrogen-bond donors (Lipinski definition) is 3. The van der Waals surface area contributed by atoms with Gasteiger partial charge in [-0.2, -0.15) is 0 Å². The van der Waals surface area contributed by atoms with Gasteiger partial charge >= 0.3 is 0 Å². The van der Waals surface area contributed by atoms with Gasteiger partial charge in [0.05, 0.1) is 6.61 Å². The molecule has 0 aliphatic carbocycles. The normalized spacial score (nSPS) is 35.3. The third kappa shape index (κ3) is 2.70. The zero-order valence-electron chi connectivity index (χ0n) is 10.4. The van der Waals surface area contributed by atoms with Crippen molar-refractivity contribution in [3.63, 3.8) is 0 Å². The molecule has 1 aliphatic heterocycles. The van der Waals surface area contributed by atoms with Crippen molar-refractivity contribution >= 4 is 0 Å². The van der Waals surface area contributed by atoms with E-state index in [0.29, 0.717) is 0 Å². The summed E-state index contributed by atoms with van der Waals surface area (Å²) in [5.74, 6) is 0. The molecule has 1 unspecified atom stereocenters. The Balaban J connectivity index is 2.31. The minimum absolute atomic E-state index is 0.162. The SMILES string of the molecule is CO[C@@H]1O[C@H](CO)[C@H](O)[C@H](O)C1n1ccc(=O)cc1. The van der Waals surface area contributed by atoms with Crippen molar-refractivity contribution in [2.45, 2.75) is 30.6 Å². The number of aliphatic hydroxyl groups is 3. The lowest BCUT2D eigenvalue weighted by atomic mass is 9.96. The van der Waals surface area contributed by atoms with Gasteiger partial charge in [-0.3, -0.25) is 4.79 Å². The Morgan fingerprint density at radius 3 is 2.47 bits per heavy atom. The van der Waals surface area contributed by atoms with Crippen LogP contribution in [0, 0.1) is 0 Å². The quantitative estimate of drug-likeness (QED) is 0.617. The standard InChI is InChI=1S/C12H17NO6/c1-18-12-9(13-4-2-7(15)3-5-13)11(17)10(16)8(6-14)19-12/h2-5,8-12,14,16-17H,6H2,1H3/t8-,9?,10+,11-,12-/m1/s1. The lowest BCUT2D eigenvalue weighted by molar-refractivity contribution is -0.272. The van der Waals surface area contributed by atoms with Crippen LogP contribution in [0.5, 0.6) is 0 Å². The molecule has 0 bridgehead atoms. The average Bonchev–Trinajstić information content (AvgIpc) is 2.43. The van der Waals surface area contributed by atoms with E-state index in [1.54, 1.807) is 0 Å². The van der Waals surface area contributed by atoms with E-state index in [9.17, 15) is 15.0 Å². The highest BCUT2D eigenvalue weighted by atomic mass is 16.7. The third-order valence-corrected chi connectivity index (χ3v) is 3.25. The maximum atomic E-state index is 11.1. The van der Waals surface area contributed by atoms with Crippen LogP contribution < -0.4 is 5.43 Å². The Morgan fingerprint density at radius 2 is 1.95 bits per heavy atom. The van der Waals surface area contributed by atoms with Crippen LogP contribution >= 0.6 is 0 Å². The fourth-order valence-corrected chi connectivity index (χ4v) is 2.20. The molecule has 0 spiro atoms. The maximum Gasteiger partial charge on any atom is 0.181 e. The number of rotatable bonds is 3. The van der Waals surface area contributed by atoms with E-state index in [2.05, 4.69) is 0 Å². The predicted molar refractivity (Wildman–Crippen MR) is 64.5 cm³/mol. The van der Waals surface area contributed by atoms with E-state index < -0.39 is 37.3 Å². The summed E-state index contributed by atoms with van der Waals surface area (Å²) in [4.78, 5) is 11.1. The number of nitrogens with zero attached hydrogens (tertiary/aromatic N) is 1. The first kappa shape index (κ1) is 14.2. The molecular formula is C12H17NO6. The average molecular weight is 271 g/mol. The van der Waals surface area contributed by atoms with Crippen molar-refractivity contribution in [1.82, 2.24) is 4.57 Å². The van der Waals surface area contributed by atoms with Crippen molar-refractivity contribution in [2.24, 2.45) is 0 Å². The first-order valence-electron chi connectivity index (χ1n) is 5.91. The topological polar surface area (TPSA) is 101 Å². The van der Waals surface area contributed by atoms with E-state index in [0.717, 1.165) is 0 Å². The van der Waals surface area contributed by atoms with Crippen LogP contribution in [0.25, 0.3) is 0 Å². The first-order chi connectivity index (χ1) is 9.08. The molecule has 1 saturated heterocycles. The summed E-state index contributed by atoms with van der Waals surface area (Å²) >= 11 is 0. The van der Waals surface area contributed by atoms with Crippen LogP contribution in [0.15, 0.2) is 29.3 Å². The summed E-state index contributed by atoms with van der Waals surface area (Å²) in [6, 6.07) is 1.97. The Bertz CT molecular complexity index is 453. The number of aromatic nitrogens is 1. The highest BCUT2D eigenvalue weighted by Crippen LogP contribution is 2.30. The summed E-state index contributed by atoms with van der Waals surface area (Å²) in [7, 11) is 1.40. The second-order valence-electron chi connectivity index (χ2n) is 4.41. The largest absolute Gasteiger partial charge is 0.394 e. The van der Waals surface area contributed by atoms with Crippen molar-refractivity contribution in [3.8, 4) is 0 Å². The molecule has 106 valence electrons. The molecule has 1 fully saturated rings. The van der Waals surface area contributed by atoms with Crippen LogP contribution in [0.1, 0.15) is 6.04 Å². The molecule has 1 aliphatic rings. The molecule has 5 atom stereocenters. The lowest BCUT2D eigenvalue weighted by Gasteiger charge is -2.42. The Morgan fingerprint density at radius 1 is 1.32 bits per heavy atom. The highest BCUT2D eigenvalue weighted by molar-refractivity contribution is 5.00. The first-order valence-corrected chi connectivity index (χ1v) is 5.91. The summed E-state index contributed by atoms with van der Waals surface area (Å²) < 4.78 is 12.1. The summed E-state index contributed by atoms with van der Waals surface area (Å²) in [5, 5.41) is 29.1. The molecule has 0 aromatic carbocycles. The number of ether oxygens (including phenoxy) is 2. The molecule has 3 N–H and O–H groups in total. The van der Waals surface area contributed by atoms with Gasteiger partial charge in [-0.05, 0) is 0 Å². The second-order valence-corrected chi connectivity index (χ2v) is 4.41. The van der Waals surface area contributed by atoms with E-state index in [1.807, 2.05) is 0 Å². The van der Waals surface area contributed by atoms with Gasteiger partial charge in [-0.1, -0.05) is 0 Å². The van der Waals surface area contributed by atoms with E-state index in [-0.39, 0.29) is 5.43 Å². The van der Waals surface area contributed by atoms with Crippen molar-refractivity contribution in [3.05, 3.63) is 34.7 Å². The molecule has 7 heteroatoms. The van der Waals surface area contributed by atoms with Gasteiger partial charge in [0.15, 0.2) is 11.7 Å². The van der Waals surface area contributed by atoms with Gasteiger partial charge in [0.2, 0.25) is 0 Å². The smallest absolute Gasteiger partial charge is 0.181 e. The molecule has 2 rings (SSSR count). The Hall–Kier alpha value is -1.25. The Labute approximate surface area is 109 Å². The van der Waals surface area contributed by atoms with Gasteiger partial charge < -0.3 is 29.4 Å². The fraction of sp³-hybridized carbons (Fsp3) is 0.583. The zero-order valence-corrected chi connectivity index (χ0v) is 10.4. The summed E-state index contributed by atoms with van der Waals surface area (Å²) in [6.07, 6.45) is -1.19. The van der Waals surface area contributed by atoms with Crippen LogP contribution in [-0.4, -0.2) is 58.2 Å². The Kier molecular flexibility index (Phi) is 4.33. The van der Waals surface area contributed by atoms with Gasteiger partial charge in [0.1, 0.15) is 24.4 Å². The van der Waals surface area contributed by atoms with Gasteiger partial charge in [-0.15, -0.1) is 0 Å². The van der Waals surface area contributed by atoms with Crippen molar-refractivity contribution in [1.29, 1.82) is 0 Å². The molecular weight excluding hydrogens is 254 g/mol.